The van der Waals surface area contributed by atoms with Gasteiger partial charge < -0.3 is 14.8 Å². The molecule has 0 aliphatic carbocycles. The fourth-order valence-electron chi connectivity index (χ4n) is 1.93. The largest absolute Gasteiger partial charge is 0.482 e. The van der Waals surface area contributed by atoms with Crippen LogP contribution in [0.5, 0.6) is 5.75 Å². The Kier molecular flexibility index (Phi) is 6.44. The molecule has 0 saturated heterocycles. The number of rotatable bonds is 7. The van der Waals surface area contributed by atoms with Crippen LogP contribution in [0.3, 0.4) is 0 Å². The van der Waals surface area contributed by atoms with Crippen LogP contribution < -0.4 is 10.1 Å². The molecule has 0 aliphatic heterocycles. The summed E-state index contributed by atoms with van der Waals surface area (Å²) in [5.74, 6) is -0.480. The van der Waals surface area contributed by atoms with E-state index in [1.165, 1.54) is 31.4 Å². The molecule has 0 spiro atoms. The van der Waals surface area contributed by atoms with E-state index >= 15 is 0 Å². The van der Waals surface area contributed by atoms with Gasteiger partial charge in [-0.25, -0.2) is 4.79 Å². The SMILES string of the molecule is COC(=O)COc1cccc(NC(=O)C=Cc2ccc([N+](=O)[O-])cc2)c1. The van der Waals surface area contributed by atoms with Crippen LogP contribution in [0.1, 0.15) is 5.56 Å². The minimum absolute atomic E-state index is 0.0182. The van der Waals surface area contributed by atoms with Gasteiger partial charge >= 0.3 is 5.97 Å². The second kappa shape index (κ2) is 8.97. The number of nitro groups is 1. The Morgan fingerprint density at radius 3 is 2.58 bits per heavy atom. The second-order valence-electron chi connectivity index (χ2n) is 5.06. The molecule has 0 unspecified atom stereocenters. The number of carbonyl (C=O) groups is 2. The Morgan fingerprint density at radius 2 is 1.92 bits per heavy atom. The topological polar surface area (TPSA) is 108 Å². The third-order valence-electron chi connectivity index (χ3n) is 3.22. The lowest BCUT2D eigenvalue weighted by molar-refractivity contribution is -0.384. The highest BCUT2D eigenvalue weighted by Gasteiger charge is 2.05. The summed E-state index contributed by atoms with van der Waals surface area (Å²) in [7, 11) is 1.26. The van der Waals surface area contributed by atoms with Crippen molar-refractivity contribution in [3.63, 3.8) is 0 Å². The van der Waals surface area contributed by atoms with E-state index in [1.807, 2.05) is 0 Å². The first-order chi connectivity index (χ1) is 12.5. The molecule has 26 heavy (non-hydrogen) atoms. The molecule has 8 nitrogen and oxygen atoms in total. The molecule has 134 valence electrons. The van der Waals surface area contributed by atoms with Crippen molar-refractivity contribution in [1.82, 2.24) is 0 Å². The lowest BCUT2D eigenvalue weighted by Crippen LogP contribution is -2.13. The van der Waals surface area contributed by atoms with E-state index in [0.29, 0.717) is 17.0 Å². The summed E-state index contributed by atoms with van der Waals surface area (Å²) in [6.45, 7) is -0.228. The molecule has 1 N–H and O–H groups in total. The molecular weight excluding hydrogens is 340 g/mol. The fraction of sp³-hybridized carbons (Fsp3) is 0.111. The van der Waals surface area contributed by atoms with Crippen molar-refractivity contribution in [2.24, 2.45) is 0 Å². The number of benzene rings is 2. The zero-order valence-electron chi connectivity index (χ0n) is 13.9. The number of nitrogens with one attached hydrogen (secondary N) is 1. The van der Waals surface area contributed by atoms with Crippen LogP contribution in [-0.2, 0) is 14.3 Å². The van der Waals surface area contributed by atoms with Gasteiger partial charge in [-0.1, -0.05) is 6.07 Å². The van der Waals surface area contributed by atoms with Gasteiger partial charge in [0.15, 0.2) is 6.61 Å². The maximum Gasteiger partial charge on any atom is 0.343 e. The van der Waals surface area contributed by atoms with Crippen LogP contribution in [0.2, 0.25) is 0 Å². The first-order valence-corrected chi connectivity index (χ1v) is 7.51. The van der Waals surface area contributed by atoms with Crippen LogP contribution in [-0.4, -0.2) is 30.5 Å². The highest BCUT2D eigenvalue weighted by Crippen LogP contribution is 2.18. The molecule has 0 bridgehead atoms. The predicted octanol–water partition coefficient (Wildman–Crippen LogP) is 2.80. The van der Waals surface area contributed by atoms with Gasteiger partial charge in [-0.05, 0) is 35.9 Å². The molecule has 2 aromatic rings. The van der Waals surface area contributed by atoms with Gasteiger partial charge in [0.1, 0.15) is 5.75 Å². The third-order valence-corrected chi connectivity index (χ3v) is 3.22. The number of nitrogens with zero attached hydrogens (tertiary/aromatic N) is 1. The maximum absolute atomic E-state index is 12.0. The van der Waals surface area contributed by atoms with Gasteiger partial charge in [-0.3, -0.25) is 14.9 Å². The summed E-state index contributed by atoms with van der Waals surface area (Å²) in [5, 5.41) is 13.3. The quantitative estimate of drug-likeness (QED) is 0.354. The van der Waals surface area contributed by atoms with E-state index in [-0.39, 0.29) is 18.2 Å². The summed E-state index contributed by atoms with van der Waals surface area (Å²) in [6.07, 6.45) is 2.85. The molecule has 0 atom stereocenters. The molecular formula is C18H16N2O6. The maximum atomic E-state index is 12.0. The molecule has 0 aromatic heterocycles. The van der Waals surface area contributed by atoms with Gasteiger partial charge in [0, 0.05) is 30.0 Å². The Labute approximate surface area is 149 Å². The van der Waals surface area contributed by atoms with Gasteiger partial charge in [0.25, 0.3) is 5.69 Å². The van der Waals surface area contributed by atoms with E-state index in [1.54, 1.807) is 36.4 Å². The molecule has 0 radical (unpaired) electrons. The van der Waals surface area contributed by atoms with Gasteiger partial charge in [-0.2, -0.15) is 0 Å². The Morgan fingerprint density at radius 1 is 1.19 bits per heavy atom. The van der Waals surface area contributed by atoms with E-state index in [4.69, 9.17) is 4.74 Å². The van der Waals surface area contributed by atoms with Crippen molar-refractivity contribution in [2.75, 3.05) is 19.0 Å². The molecule has 0 aliphatic rings. The lowest BCUT2D eigenvalue weighted by atomic mass is 10.2. The number of hydrogen-bond donors (Lipinski definition) is 1. The van der Waals surface area contributed by atoms with Crippen molar-refractivity contribution >= 4 is 29.3 Å². The highest BCUT2D eigenvalue weighted by atomic mass is 16.6. The fourth-order valence-corrected chi connectivity index (χ4v) is 1.93. The molecule has 8 heteroatoms. The minimum Gasteiger partial charge on any atom is -0.482 e. The minimum atomic E-state index is -0.509. The van der Waals surface area contributed by atoms with Gasteiger partial charge in [0.2, 0.25) is 5.91 Å². The number of esters is 1. The normalized spacial score (nSPS) is 10.3. The van der Waals surface area contributed by atoms with Crippen LogP contribution in [0.4, 0.5) is 11.4 Å². The average Bonchev–Trinajstić information content (AvgIpc) is 2.65. The van der Waals surface area contributed by atoms with E-state index in [9.17, 15) is 19.7 Å². The first-order valence-electron chi connectivity index (χ1n) is 7.51. The lowest BCUT2D eigenvalue weighted by Gasteiger charge is -2.07. The predicted molar refractivity (Wildman–Crippen MR) is 94.7 cm³/mol. The van der Waals surface area contributed by atoms with Crippen LogP contribution in [0, 0.1) is 10.1 Å². The van der Waals surface area contributed by atoms with Gasteiger partial charge in [-0.15, -0.1) is 0 Å². The third kappa shape index (κ3) is 5.75. The average molecular weight is 356 g/mol. The Hall–Kier alpha value is -3.68. The monoisotopic (exact) mass is 356 g/mol. The zero-order valence-corrected chi connectivity index (χ0v) is 13.9. The summed E-state index contributed by atoms with van der Waals surface area (Å²) in [4.78, 5) is 33.1. The van der Waals surface area contributed by atoms with E-state index in [2.05, 4.69) is 10.1 Å². The number of nitro benzene ring substituents is 1. The summed E-state index contributed by atoms with van der Waals surface area (Å²) in [5.41, 5.74) is 1.13. The van der Waals surface area contributed by atoms with Crippen molar-refractivity contribution in [1.29, 1.82) is 0 Å². The van der Waals surface area contributed by atoms with Crippen molar-refractivity contribution in [3.05, 3.63) is 70.3 Å². The number of anilines is 1. The van der Waals surface area contributed by atoms with Crippen LogP contribution >= 0.6 is 0 Å². The smallest absolute Gasteiger partial charge is 0.343 e. The molecule has 2 rings (SSSR count). The molecule has 2 aromatic carbocycles. The van der Waals surface area contributed by atoms with Crippen molar-refractivity contribution in [3.8, 4) is 5.75 Å². The summed E-state index contributed by atoms with van der Waals surface area (Å²) in [6, 6.07) is 12.4. The molecule has 1 amide bonds. The number of hydrogen-bond acceptors (Lipinski definition) is 6. The van der Waals surface area contributed by atoms with Crippen molar-refractivity contribution < 1.29 is 24.0 Å². The van der Waals surface area contributed by atoms with Crippen LogP contribution in [0.25, 0.3) is 6.08 Å². The van der Waals surface area contributed by atoms with E-state index < -0.39 is 10.9 Å². The number of amides is 1. The summed E-state index contributed by atoms with van der Waals surface area (Å²) >= 11 is 0. The molecule has 0 heterocycles. The standard InChI is InChI=1S/C18H16N2O6/c1-25-18(22)12-26-16-4-2-3-14(11-16)19-17(21)10-7-13-5-8-15(9-6-13)20(23)24/h2-11H,12H2,1H3,(H,19,21). The molecule has 0 fully saturated rings. The number of methoxy groups -OCH3 is 1. The zero-order chi connectivity index (χ0) is 18.9. The summed E-state index contributed by atoms with van der Waals surface area (Å²) < 4.78 is 9.72. The van der Waals surface area contributed by atoms with E-state index in [0.717, 1.165) is 0 Å². The Balaban J connectivity index is 1.94. The van der Waals surface area contributed by atoms with Gasteiger partial charge in [0.05, 0.1) is 12.0 Å². The highest BCUT2D eigenvalue weighted by molar-refractivity contribution is 6.02. The number of carbonyl (C=O) groups excluding carboxylic acids is 2. The number of ether oxygens (including phenoxy) is 2. The first kappa shape index (κ1) is 18.7. The van der Waals surface area contributed by atoms with Crippen molar-refractivity contribution in [2.45, 2.75) is 0 Å². The second-order valence-corrected chi connectivity index (χ2v) is 5.06. The molecule has 0 saturated carbocycles. The number of non-ortho nitro benzene ring substituents is 1. The Bertz CT molecular complexity index is 830. The van der Waals surface area contributed by atoms with Crippen LogP contribution in [0.15, 0.2) is 54.6 Å².